The lowest BCUT2D eigenvalue weighted by Gasteiger charge is -2.12. The predicted octanol–water partition coefficient (Wildman–Crippen LogP) is 4.20. The number of nitrogens with one attached hydrogen (secondary N) is 1. The van der Waals surface area contributed by atoms with Crippen LogP contribution in [-0.4, -0.2) is 31.4 Å². The van der Waals surface area contributed by atoms with E-state index in [1.165, 1.54) is 11.8 Å². The topological polar surface area (TPSA) is 72.7 Å². The molecule has 6 nitrogen and oxygen atoms in total. The van der Waals surface area contributed by atoms with Crippen LogP contribution in [0.25, 0.3) is 5.69 Å². The summed E-state index contributed by atoms with van der Waals surface area (Å²) in [6.07, 6.45) is 0. The fraction of sp³-hybridized carbons (Fsp3) is 0.125. The smallest absolute Gasteiger partial charge is 0.237 e. The fourth-order valence-corrected chi connectivity index (χ4v) is 3.26. The number of para-hydroxylation sites is 1. The van der Waals surface area contributed by atoms with Crippen molar-refractivity contribution in [3.8, 4) is 5.69 Å². The Morgan fingerprint density at radius 3 is 2.68 bits per heavy atom. The standard InChI is InChI=1S/C16H13BrClN5OS/c1-10(15(24)19-14-5-3-2-4-13(14)18)25-16-20-21-22-23(16)12-8-6-11(17)7-9-12/h2-10H,1H3,(H,19,24). The molecule has 1 amide bonds. The van der Waals surface area contributed by atoms with Crippen molar-refractivity contribution < 1.29 is 4.79 Å². The lowest BCUT2D eigenvalue weighted by atomic mass is 10.3. The van der Waals surface area contributed by atoms with E-state index in [4.69, 9.17) is 11.6 Å². The van der Waals surface area contributed by atoms with Crippen LogP contribution >= 0.6 is 39.3 Å². The Balaban J connectivity index is 1.72. The third-order valence-corrected chi connectivity index (χ3v) is 5.19. The molecule has 1 N–H and O–H groups in total. The van der Waals surface area contributed by atoms with Gasteiger partial charge in [-0.3, -0.25) is 4.79 Å². The molecule has 9 heteroatoms. The van der Waals surface area contributed by atoms with E-state index in [0.717, 1.165) is 10.2 Å². The van der Waals surface area contributed by atoms with Gasteiger partial charge in [0.2, 0.25) is 11.1 Å². The number of thioether (sulfide) groups is 1. The van der Waals surface area contributed by atoms with E-state index in [1.807, 2.05) is 36.4 Å². The predicted molar refractivity (Wildman–Crippen MR) is 102 cm³/mol. The third-order valence-electron chi connectivity index (χ3n) is 3.30. The van der Waals surface area contributed by atoms with Gasteiger partial charge >= 0.3 is 0 Å². The molecule has 3 aromatic rings. The molecule has 1 unspecified atom stereocenters. The minimum atomic E-state index is -0.406. The van der Waals surface area contributed by atoms with Crippen LogP contribution in [0, 0.1) is 0 Å². The number of halogens is 2. The minimum Gasteiger partial charge on any atom is -0.324 e. The Hall–Kier alpha value is -1.90. The number of nitrogens with zero attached hydrogens (tertiary/aromatic N) is 4. The molecule has 0 saturated heterocycles. The average Bonchev–Trinajstić information content (AvgIpc) is 3.05. The maximum atomic E-state index is 12.4. The van der Waals surface area contributed by atoms with Gasteiger partial charge in [0.25, 0.3) is 0 Å². The third kappa shape index (κ3) is 4.39. The largest absolute Gasteiger partial charge is 0.324 e. The van der Waals surface area contributed by atoms with Gasteiger partial charge in [0.1, 0.15) is 0 Å². The first-order valence-corrected chi connectivity index (χ1v) is 9.36. The number of anilines is 1. The summed E-state index contributed by atoms with van der Waals surface area (Å²) in [5.41, 5.74) is 1.39. The molecule has 0 fully saturated rings. The Kier molecular flexibility index (Phi) is 5.72. The highest BCUT2D eigenvalue weighted by Gasteiger charge is 2.20. The number of carbonyl (C=O) groups excluding carboxylic acids is 1. The lowest BCUT2D eigenvalue weighted by molar-refractivity contribution is -0.115. The van der Waals surface area contributed by atoms with Crippen molar-refractivity contribution in [3.05, 3.63) is 58.0 Å². The molecule has 1 aromatic heterocycles. The van der Waals surface area contributed by atoms with Crippen LogP contribution in [-0.2, 0) is 4.79 Å². The van der Waals surface area contributed by atoms with Gasteiger partial charge in [0.15, 0.2) is 0 Å². The Labute approximate surface area is 162 Å². The second kappa shape index (κ2) is 7.99. The lowest BCUT2D eigenvalue weighted by Crippen LogP contribution is -2.23. The number of aromatic nitrogens is 4. The Morgan fingerprint density at radius 2 is 1.96 bits per heavy atom. The van der Waals surface area contributed by atoms with Crippen LogP contribution in [0.1, 0.15) is 6.92 Å². The zero-order valence-electron chi connectivity index (χ0n) is 13.1. The second-order valence-corrected chi connectivity index (χ2v) is 7.71. The van der Waals surface area contributed by atoms with Crippen molar-refractivity contribution in [2.24, 2.45) is 0 Å². The summed E-state index contributed by atoms with van der Waals surface area (Å²) < 4.78 is 2.56. The quantitative estimate of drug-likeness (QED) is 0.605. The minimum absolute atomic E-state index is 0.177. The number of tetrazole rings is 1. The molecule has 0 aliphatic rings. The van der Waals surface area contributed by atoms with Crippen molar-refractivity contribution >= 4 is 50.9 Å². The van der Waals surface area contributed by atoms with Crippen molar-refractivity contribution in [1.82, 2.24) is 20.2 Å². The van der Waals surface area contributed by atoms with E-state index in [9.17, 15) is 4.79 Å². The first-order valence-electron chi connectivity index (χ1n) is 7.31. The average molecular weight is 439 g/mol. The highest BCUT2D eigenvalue weighted by molar-refractivity contribution is 9.10. The molecule has 128 valence electrons. The zero-order chi connectivity index (χ0) is 17.8. The van der Waals surface area contributed by atoms with Crippen LogP contribution in [0.15, 0.2) is 58.2 Å². The fourth-order valence-electron chi connectivity index (χ4n) is 2.01. The van der Waals surface area contributed by atoms with E-state index in [1.54, 1.807) is 23.7 Å². The van der Waals surface area contributed by atoms with Gasteiger partial charge < -0.3 is 5.32 Å². The highest BCUT2D eigenvalue weighted by Crippen LogP contribution is 2.26. The van der Waals surface area contributed by atoms with Crippen molar-refractivity contribution in [1.29, 1.82) is 0 Å². The van der Waals surface area contributed by atoms with E-state index >= 15 is 0 Å². The van der Waals surface area contributed by atoms with E-state index in [-0.39, 0.29) is 5.91 Å². The molecule has 1 atom stereocenters. The molecular weight excluding hydrogens is 426 g/mol. The van der Waals surface area contributed by atoms with Crippen molar-refractivity contribution in [2.45, 2.75) is 17.3 Å². The summed E-state index contributed by atoms with van der Waals surface area (Å²) in [6, 6.07) is 14.7. The molecule has 0 radical (unpaired) electrons. The number of carbonyl (C=O) groups is 1. The maximum absolute atomic E-state index is 12.4. The van der Waals surface area contributed by atoms with Gasteiger partial charge in [-0.15, -0.1) is 5.10 Å². The molecule has 0 saturated carbocycles. The summed E-state index contributed by atoms with van der Waals surface area (Å²) in [5, 5.41) is 15.1. The summed E-state index contributed by atoms with van der Waals surface area (Å²) in [6.45, 7) is 1.79. The molecule has 0 bridgehead atoms. The molecular formula is C16H13BrClN5OS. The van der Waals surface area contributed by atoms with Crippen LogP contribution in [0.4, 0.5) is 5.69 Å². The molecule has 1 heterocycles. The molecule has 25 heavy (non-hydrogen) atoms. The second-order valence-electron chi connectivity index (χ2n) is 5.08. The number of benzene rings is 2. The van der Waals surface area contributed by atoms with Crippen LogP contribution in [0.3, 0.4) is 0 Å². The summed E-state index contributed by atoms with van der Waals surface area (Å²) in [5.74, 6) is -0.177. The summed E-state index contributed by atoms with van der Waals surface area (Å²) in [7, 11) is 0. The zero-order valence-corrected chi connectivity index (χ0v) is 16.2. The highest BCUT2D eigenvalue weighted by atomic mass is 79.9. The van der Waals surface area contributed by atoms with Crippen LogP contribution in [0.2, 0.25) is 5.02 Å². The Morgan fingerprint density at radius 1 is 1.24 bits per heavy atom. The summed E-state index contributed by atoms with van der Waals surface area (Å²) in [4.78, 5) is 12.4. The van der Waals surface area contributed by atoms with Crippen LogP contribution < -0.4 is 5.32 Å². The first-order chi connectivity index (χ1) is 12.0. The Bertz CT molecular complexity index is 886. The normalized spacial score (nSPS) is 12.0. The van der Waals surface area contributed by atoms with E-state index < -0.39 is 5.25 Å². The monoisotopic (exact) mass is 437 g/mol. The molecule has 2 aromatic carbocycles. The number of rotatable bonds is 5. The van der Waals surface area contributed by atoms with Gasteiger partial charge in [0, 0.05) is 4.47 Å². The van der Waals surface area contributed by atoms with E-state index in [2.05, 4.69) is 36.8 Å². The van der Waals surface area contributed by atoms with Gasteiger partial charge in [0.05, 0.1) is 21.6 Å². The van der Waals surface area contributed by atoms with Crippen molar-refractivity contribution in [3.63, 3.8) is 0 Å². The van der Waals surface area contributed by atoms with Gasteiger partial charge in [-0.25, -0.2) is 0 Å². The van der Waals surface area contributed by atoms with Gasteiger partial charge in [-0.1, -0.05) is 51.4 Å². The van der Waals surface area contributed by atoms with Crippen LogP contribution in [0.5, 0.6) is 0 Å². The molecule has 3 rings (SSSR count). The van der Waals surface area contributed by atoms with Gasteiger partial charge in [-0.2, -0.15) is 4.68 Å². The maximum Gasteiger partial charge on any atom is 0.237 e. The summed E-state index contributed by atoms with van der Waals surface area (Å²) >= 11 is 10.7. The number of hydrogen-bond acceptors (Lipinski definition) is 5. The molecule has 0 aliphatic carbocycles. The number of amides is 1. The van der Waals surface area contributed by atoms with Crippen molar-refractivity contribution in [2.75, 3.05) is 5.32 Å². The number of hydrogen-bond donors (Lipinski definition) is 1. The van der Waals surface area contributed by atoms with E-state index in [0.29, 0.717) is 15.9 Å². The first kappa shape index (κ1) is 17.9. The van der Waals surface area contributed by atoms with Gasteiger partial charge in [-0.05, 0) is 53.7 Å². The molecule has 0 spiro atoms. The molecule has 0 aliphatic heterocycles. The SMILES string of the molecule is CC(Sc1nnnn1-c1ccc(Br)cc1)C(=O)Nc1ccccc1Cl.